The van der Waals surface area contributed by atoms with E-state index < -0.39 is 11.6 Å². The van der Waals surface area contributed by atoms with Crippen molar-refractivity contribution in [3.05, 3.63) is 52.5 Å². The first kappa shape index (κ1) is 22.2. The van der Waals surface area contributed by atoms with Crippen molar-refractivity contribution >= 4 is 46.9 Å². The summed E-state index contributed by atoms with van der Waals surface area (Å²) < 4.78 is 0. The van der Waals surface area contributed by atoms with Gasteiger partial charge in [-0.15, -0.1) is 0 Å². The van der Waals surface area contributed by atoms with Crippen molar-refractivity contribution in [2.75, 3.05) is 11.9 Å². The lowest BCUT2D eigenvalue weighted by Crippen LogP contribution is -2.40. The highest BCUT2D eigenvalue weighted by atomic mass is 35.5. The standard InChI is InChI=1S/C22H24ClN3O3S/c1-13-5-7-17(14(2)11-13)30-18-8-6-15(23)12-16(18)24-19(27)9-10-26-20(28)22(3,4)25-21(26)29/h5-8,11-12H,9-10H2,1-4H3,(H,24,27)(H,25,29). The van der Waals surface area contributed by atoms with Gasteiger partial charge in [0.1, 0.15) is 5.54 Å². The van der Waals surface area contributed by atoms with Crippen LogP contribution in [0.1, 0.15) is 31.4 Å². The van der Waals surface area contributed by atoms with Crippen molar-refractivity contribution in [3.63, 3.8) is 0 Å². The quantitative estimate of drug-likeness (QED) is 0.628. The summed E-state index contributed by atoms with van der Waals surface area (Å²) in [6.07, 6.45) is -0.00454. The molecule has 1 aliphatic rings. The normalized spacial score (nSPS) is 15.3. The lowest BCUT2D eigenvalue weighted by Gasteiger charge is -2.16. The Morgan fingerprint density at radius 3 is 2.47 bits per heavy atom. The van der Waals surface area contributed by atoms with Crippen molar-refractivity contribution in [1.82, 2.24) is 10.2 Å². The number of nitrogens with one attached hydrogen (secondary N) is 2. The molecule has 3 rings (SSSR count). The molecule has 8 heteroatoms. The Morgan fingerprint density at radius 1 is 1.13 bits per heavy atom. The van der Waals surface area contributed by atoms with Crippen LogP contribution in [0.15, 0.2) is 46.2 Å². The predicted octanol–water partition coefficient (Wildman–Crippen LogP) is 4.77. The highest BCUT2D eigenvalue weighted by Crippen LogP contribution is 2.37. The molecule has 2 N–H and O–H groups in total. The summed E-state index contributed by atoms with van der Waals surface area (Å²) in [5, 5.41) is 5.97. The van der Waals surface area contributed by atoms with E-state index in [1.54, 1.807) is 37.7 Å². The largest absolute Gasteiger partial charge is 0.325 e. The number of hydrogen-bond donors (Lipinski definition) is 2. The molecule has 1 heterocycles. The molecule has 0 saturated carbocycles. The zero-order valence-electron chi connectivity index (χ0n) is 17.3. The van der Waals surface area contributed by atoms with Gasteiger partial charge in [-0.25, -0.2) is 4.79 Å². The lowest BCUT2D eigenvalue weighted by molar-refractivity contribution is -0.130. The SMILES string of the molecule is Cc1ccc(Sc2ccc(Cl)cc2NC(=O)CCN2C(=O)NC(C)(C)C2=O)c(C)c1. The summed E-state index contributed by atoms with van der Waals surface area (Å²) in [6.45, 7) is 7.37. The van der Waals surface area contributed by atoms with E-state index in [0.29, 0.717) is 10.7 Å². The van der Waals surface area contributed by atoms with E-state index in [1.165, 1.54) is 5.56 Å². The maximum Gasteiger partial charge on any atom is 0.325 e. The molecule has 0 unspecified atom stereocenters. The van der Waals surface area contributed by atoms with Crippen LogP contribution in [0.3, 0.4) is 0 Å². The summed E-state index contributed by atoms with van der Waals surface area (Å²) in [7, 11) is 0. The number of benzene rings is 2. The highest BCUT2D eigenvalue weighted by Gasteiger charge is 2.44. The van der Waals surface area contributed by atoms with Gasteiger partial charge in [-0.05, 0) is 57.5 Å². The number of carbonyl (C=O) groups excluding carboxylic acids is 3. The van der Waals surface area contributed by atoms with Gasteiger partial charge in [-0.3, -0.25) is 14.5 Å². The summed E-state index contributed by atoms with van der Waals surface area (Å²) >= 11 is 7.68. The van der Waals surface area contributed by atoms with Gasteiger partial charge in [0, 0.05) is 27.8 Å². The van der Waals surface area contributed by atoms with E-state index in [-0.39, 0.29) is 24.8 Å². The number of urea groups is 1. The van der Waals surface area contributed by atoms with Gasteiger partial charge in [0.15, 0.2) is 0 Å². The average Bonchev–Trinajstić information content (AvgIpc) is 2.84. The number of anilines is 1. The van der Waals surface area contributed by atoms with Gasteiger partial charge >= 0.3 is 6.03 Å². The van der Waals surface area contributed by atoms with Gasteiger partial charge in [0.25, 0.3) is 5.91 Å². The number of amides is 4. The Balaban J connectivity index is 1.70. The number of hydrogen-bond acceptors (Lipinski definition) is 4. The third kappa shape index (κ3) is 4.96. The maximum atomic E-state index is 12.5. The van der Waals surface area contributed by atoms with Crippen molar-refractivity contribution < 1.29 is 14.4 Å². The Morgan fingerprint density at radius 2 is 1.83 bits per heavy atom. The van der Waals surface area contributed by atoms with E-state index in [4.69, 9.17) is 11.6 Å². The Kier molecular flexibility index (Phi) is 6.43. The van der Waals surface area contributed by atoms with Crippen molar-refractivity contribution in [1.29, 1.82) is 0 Å². The molecule has 0 aromatic heterocycles. The minimum Gasteiger partial charge on any atom is -0.325 e. The lowest BCUT2D eigenvalue weighted by atomic mass is 10.1. The summed E-state index contributed by atoms with van der Waals surface area (Å²) in [5.74, 6) is -0.640. The highest BCUT2D eigenvalue weighted by molar-refractivity contribution is 7.99. The van der Waals surface area contributed by atoms with Crippen LogP contribution in [0, 0.1) is 13.8 Å². The van der Waals surface area contributed by atoms with Gasteiger partial charge in [0.05, 0.1) is 5.69 Å². The van der Waals surface area contributed by atoms with E-state index in [9.17, 15) is 14.4 Å². The first-order valence-corrected chi connectivity index (χ1v) is 10.7. The molecule has 2 aromatic rings. The number of rotatable bonds is 6. The Hall–Kier alpha value is -2.51. The minimum absolute atomic E-state index is 0.00454. The third-order valence-corrected chi connectivity index (χ3v) is 6.26. The molecule has 1 saturated heterocycles. The van der Waals surface area contributed by atoms with Crippen LogP contribution in [-0.2, 0) is 9.59 Å². The van der Waals surface area contributed by atoms with Crippen LogP contribution in [0.2, 0.25) is 5.02 Å². The molecule has 158 valence electrons. The number of halogens is 1. The van der Waals surface area contributed by atoms with Crippen molar-refractivity contribution in [2.24, 2.45) is 0 Å². The van der Waals surface area contributed by atoms with Crippen LogP contribution >= 0.6 is 23.4 Å². The first-order chi connectivity index (χ1) is 14.1. The van der Waals surface area contributed by atoms with E-state index in [1.807, 2.05) is 26.0 Å². The predicted molar refractivity (Wildman–Crippen MR) is 119 cm³/mol. The van der Waals surface area contributed by atoms with Crippen LogP contribution < -0.4 is 10.6 Å². The van der Waals surface area contributed by atoms with Gasteiger partial charge in [-0.2, -0.15) is 0 Å². The Bertz CT molecular complexity index is 1020. The summed E-state index contributed by atoms with van der Waals surface area (Å²) in [5.41, 5.74) is 1.98. The summed E-state index contributed by atoms with van der Waals surface area (Å²) in [4.78, 5) is 39.8. The van der Waals surface area contributed by atoms with E-state index in [0.717, 1.165) is 20.3 Å². The molecular formula is C22H24ClN3O3S. The van der Waals surface area contributed by atoms with Gasteiger partial charge in [-0.1, -0.05) is 41.1 Å². The number of nitrogens with zero attached hydrogens (tertiary/aromatic N) is 1. The molecule has 0 radical (unpaired) electrons. The molecule has 0 atom stereocenters. The van der Waals surface area contributed by atoms with Crippen molar-refractivity contribution in [2.45, 2.75) is 49.4 Å². The fourth-order valence-corrected chi connectivity index (χ4v) is 4.29. The number of carbonyl (C=O) groups is 3. The maximum absolute atomic E-state index is 12.5. The molecule has 0 spiro atoms. The molecule has 0 aliphatic carbocycles. The van der Waals surface area contributed by atoms with Gasteiger partial charge < -0.3 is 10.6 Å². The second-order valence-corrected chi connectivity index (χ2v) is 9.34. The molecule has 4 amide bonds. The van der Waals surface area contributed by atoms with Gasteiger partial charge in [0.2, 0.25) is 5.91 Å². The third-order valence-electron chi connectivity index (χ3n) is 4.77. The monoisotopic (exact) mass is 445 g/mol. The number of aryl methyl sites for hydroxylation is 2. The zero-order valence-corrected chi connectivity index (χ0v) is 18.9. The first-order valence-electron chi connectivity index (χ1n) is 9.55. The van der Waals surface area contributed by atoms with Crippen LogP contribution in [0.5, 0.6) is 0 Å². The van der Waals surface area contributed by atoms with E-state index in [2.05, 4.69) is 22.8 Å². The zero-order chi connectivity index (χ0) is 22.1. The second-order valence-electron chi connectivity index (χ2n) is 7.82. The molecular weight excluding hydrogens is 422 g/mol. The number of imide groups is 1. The van der Waals surface area contributed by atoms with Crippen molar-refractivity contribution in [3.8, 4) is 0 Å². The topological polar surface area (TPSA) is 78.5 Å². The smallest absolute Gasteiger partial charge is 0.325 e. The molecule has 1 aliphatic heterocycles. The fraction of sp³-hybridized carbons (Fsp3) is 0.318. The Labute approximate surface area is 185 Å². The fourth-order valence-electron chi connectivity index (χ4n) is 3.17. The summed E-state index contributed by atoms with van der Waals surface area (Å²) in [6, 6.07) is 11.1. The molecule has 0 bridgehead atoms. The van der Waals surface area contributed by atoms with Crippen LogP contribution in [0.25, 0.3) is 0 Å². The molecule has 6 nitrogen and oxygen atoms in total. The molecule has 2 aromatic carbocycles. The van der Waals surface area contributed by atoms with E-state index >= 15 is 0 Å². The average molecular weight is 446 g/mol. The van der Waals surface area contributed by atoms with Crippen LogP contribution in [0.4, 0.5) is 10.5 Å². The minimum atomic E-state index is -0.948. The second kappa shape index (κ2) is 8.70. The molecule has 1 fully saturated rings. The molecule has 30 heavy (non-hydrogen) atoms. The van der Waals surface area contributed by atoms with Crippen LogP contribution in [-0.4, -0.2) is 34.8 Å².